The highest BCUT2D eigenvalue weighted by molar-refractivity contribution is 6.31. The number of anilines is 6. The van der Waals surface area contributed by atoms with E-state index < -0.39 is 23.6 Å². The van der Waals surface area contributed by atoms with Crippen LogP contribution in [-0.2, 0) is 4.79 Å². The van der Waals surface area contributed by atoms with Gasteiger partial charge in [-0.15, -0.1) is 0 Å². The summed E-state index contributed by atoms with van der Waals surface area (Å²) in [7, 11) is 1.47. The van der Waals surface area contributed by atoms with Gasteiger partial charge in [-0.1, -0.05) is 35.9 Å². The number of nitrogens with one attached hydrogen (secondary N) is 4. The van der Waals surface area contributed by atoms with Crippen LogP contribution in [0.3, 0.4) is 0 Å². The summed E-state index contributed by atoms with van der Waals surface area (Å²) >= 11 is 6.04. The minimum Gasteiger partial charge on any atom is -0.495 e. The molecule has 1 unspecified atom stereocenters. The molecule has 0 aliphatic carbocycles. The number of hydrogen-bond acceptors (Lipinski definition) is 8. The van der Waals surface area contributed by atoms with Crippen molar-refractivity contribution in [1.29, 1.82) is 0 Å². The van der Waals surface area contributed by atoms with E-state index >= 15 is 0 Å². The average Bonchev–Trinajstić information content (AvgIpc) is 2.87. The molecule has 9 nitrogen and oxygen atoms in total. The van der Waals surface area contributed by atoms with Gasteiger partial charge in [0.05, 0.1) is 24.2 Å². The van der Waals surface area contributed by atoms with E-state index in [1.165, 1.54) is 31.4 Å². The van der Waals surface area contributed by atoms with E-state index in [1.54, 1.807) is 49.4 Å². The highest BCUT2D eigenvalue weighted by Gasteiger charge is 2.18. The number of hydrogen-bond donors (Lipinski definition) is 4. The molecule has 1 atom stereocenters. The molecule has 0 bridgehead atoms. The quantitative estimate of drug-likeness (QED) is 0.219. The Balaban J connectivity index is 1.59. The highest BCUT2D eigenvalue weighted by Crippen LogP contribution is 2.28. The van der Waals surface area contributed by atoms with Crippen LogP contribution in [0.5, 0.6) is 5.75 Å². The van der Waals surface area contributed by atoms with Crippen LogP contribution in [0.25, 0.3) is 0 Å². The second-order valence-electron chi connectivity index (χ2n) is 7.72. The highest BCUT2D eigenvalue weighted by atomic mass is 35.5. The molecule has 0 aliphatic rings. The number of benzene rings is 3. The second-order valence-corrected chi connectivity index (χ2v) is 8.15. The molecule has 1 amide bonds. The number of methoxy groups -OCH3 is 1. The summed E-state index contributed by atoms with van der Waals surface area (Å²) in [6.45, 7) is 1.59. The van der Waals surface area contributed by atoms with Gasteiger partial charge in [0.25, 0.3) is 0 Å². The van der Waals surface area contributed by atoms with Gasteiger partial charge < -0.3 is 26.0 Å². The average molecular weight is 526 g/mol. The number of para-hydroxylation sites is 2. The molecular formula is C25H22ClF2N7O2. The zero-order chi connectivity index (χ0) is 26.4. The van der Waals surface area contributed by atoms with Crippen molar-refractivity contribution >= 4 is 52.4 Å². The summed E-state index contributed by atoms with van der Waals surface area (Å²) in [4.78, 5) is 25.6. The second kappa shape index (κ2) is 11.5. The lowest BCUT2D eigenvalue weighted by atomic mass is 10.2. The molecule has 1 heterocycles. The molecule has 4 aromatic rings. The van der Waals surface area contributed by atoms with E-state index in [1.807, 2.05) is 0 Å². The normalized spacial score (nSPS) is 11.4. The van der Waals surface area contributed by atoms with Gasteiger partial charge in [0.2, 0.25) is 23.8 Å². The van der Waals surface area contributed by atoms with E-state index in [0.717, 1.165) is 0 Å². The van der Waals surface area contributed by atoms with Gasteiger partial charge in [0.15, 0.2) is 0 Å². The number of ether oxygens (including phenoxy) is 1. The Morgan fingerprint density at radius 3 is 1.92 bits per heavy atom. The minimum absolute atomic E-state index is 0.0200. The van der Waals surface area contributed by atoms with Crippen LogP contribution in [0.15, 0.2) is 66.7 Å². The first-order valence-electron chi connectivity index (χ1n) is 11.0. The topological polar surface area (TPSA) is 113 Å². The Morgan fingerprint density at radius 2 is 1.38 bits per heavy atom. The summed E-state index contributed by atoms with van der Waals surface area (Å²) in [5.41, 5.74) is 0.624. The summed E-state index contributed by atoms with van der Waals surface area (Å²) in [6, 6.07) is 15.9. The van der Waals surface area contributed by atoms with Crippen molar-refractivity contribution in [1.82, 2.24) is 15.0 Å². The first-order chi connectivity index (χ1) is 17.8. The Labute approximate surface area is 216 Å². The maximum absolute atomic E-state index is 14.2. The van der Waals surface area contributed by atoms with Crippen molar-refractivity contribution in [2.24, 2.45) is 0 Å². The molecule has 4 rings (SSSR count). The smallest absolute Gasteiger partial charge is 0.246 e. The molecule has 4 N–H and O–H groups in total. The molecule has 190 valence electrons. The van der Waals surface area contributed by atoms with E-state index in [-0.39, 0.29) is 29.2 Å². The maximum atomic E-state index is 14.2. The number of aromatic nitrogens is 3. The zero-order valence-corrected chi connectivity index (χ0v) is 20.5. The number of amides is 1. The summed E-state index contributed by atoms with van der Waals surface area (Å²) in [5, 5.41) is 11.6. The first kappa shape index (κ1) is 25.6. The number of rotatable bonds is 9. The van der Waals surface area contributed by atoms with Crippen LogP contribution in [-0.4, -0.2) is 34.0 Å². The van der Waals surface area contributed by atoms with Crippen LogP contribution in [0.1, 0.15) is 6.92 Å². The van der Waals surface area contributed by atoms with Crippen LogP contribution < -0.4 is 26.0 Å². The fraction of sp³-hybridized carbons (Fsp3) is 0.120. The van der Waals surface area contributed by atoms with Crippen LogP contribution in [0.2, 0.25) is 5.02 Å². The van der Waals surface area contributed by atoms with Crippen molar-refractivity contribution in [2.75, 3.05) is 28.4 Å². The van der Waals surface area contributed by atoms with E-state index in [9.17, 15) is 13.6 Å². The lowest BCUT2D eigenvalue weighted by molar-refractivity contribution is -0.116. The fourth-order valence-corrected chi connectivity index (χ4v) is 3.37. The van der Waals surface area contributed by atoms with Crippen molar-refractivity contribution in [3.8, 4) is 5.75 Å². The zero-order valence-electron chi connectivity index (χ0n) is 19.7. The minimum atomic E-state index is -0.839. The summed E-state index contributed by atoms with van der Waals surface area (Å²) < 4.78 is 33.7. The van der Waals surface area contributed by atoms with Crippen molar-refractivity contribution < 1.29 is 18.3 Å². The third-order valence-corrected chi connectivity index (χ3v) is 5.27. The van der Waals surface area contributed by atoms with Crippen LogP contribution >= 0.6 is 11.6 Å². The maximum Gasteiger partial charge on any atom is 0.246 e. The largest absolute Gasteiger partial charge is 0.495 e. The van der Waals surface area contributed by atoms with Gasteiger partial charge in [-0.05, 0) is 49.4 Å². The Kier molecular flexibility index (Phi) is 7.94. The molecule has 3 aromatic carbocycles. The number of halogens is 3. The lowest BCUT2D eigenvalue weighted by Crippen LogP contribution is -2.32. The van der Waals surface area contributed by atoms with Crippen molar-refractivity contribution in [2.45, 2.75) is 13.0 Å². The van der Waals surface area contributed by atoms with Gasteiger partial charge in [-0.25, -0.2) is 8.78 Å². The number of nitrogens with zero attached hydrogens (tertiary/aromatic N) is 3. The molecule has 0 saturated heterocycles. The molecule has 0 fully saturated rings. The van der Waals surface area contributed by atoms with Crippen molar-refractivity contribution in [3.63, 3.8) is 0 Å². The predicted octanol–water partition coefficient (Wildman–Crippen LogP) is 5.74. The van der Waals surface area contributed by atoms with Crippen LogP contribution in [0, 0.1) is 11.6 Å². The van der Waals surface area contributed by atoms with Gasteiger partial charge in [0, 0.05) is 5.02 Å². The molecule has 0 saturated carbocycles. The molecular weight excluding hydrogens is 504 g/mol. The number of carbonyl (C=O) groups excluding carboxylic acids is 1. The van der Waals surface area contributed by atoms with E-state index in [4.69, 9.17) is 16.3 Å². The fourth-order valence-electron chi connectivity index (χ4n) is 3.20. The van der Waals surface area contributed by atoms with Gasteiger partial charge in [0.1, 0.15) is 23.4 Å². The Hall–Kier alpha value is -4.51. The molecule has 0 aliphatic heterocycles. The van der Waals surface area contributed by atoms with Crippen LogP contribution in [0.4, 0.5) is 43.7 Å². The third kappa shape index (κ3) is 6.58. The van der Waals surface area contributed by atoms with Crippen molar-refractivity contribution in [3.05, 3.63) is 83.4 Å². The SMILES string of the molecule is COc1ccc(Cl)cc1NC(=O)C(C)Nc1nc(Nc2ccccc2F)nc(Nc2ccccc2F)n1. The van der Waals surface area contributed by atoms with E-state index in [2.05, 4.69) is 36.2 Å². The Morgan fingerprint density at radius 1 is 0.838 bits per heavy atom. The molecule has 37 heavy (non-hydrogen) atoms. The Bertz CT molecular complexity index is 1360. The summed E-state index contributed by atoms with van der Waals surface area (Å²) in [5.74, 6) is -1.15. The van der Waals surface area contributed by atoms with Gasteiger partial charge >= 0.3 is 0 Å². The predicted molar refractivity (Wildman–Crippen MR) is 139 cm³/mol. The molecule has 12 heteroatoms. The third-order valence-electron chi connectivity index (χ3n) is 5.03. The molecule has 0 radical (unpaired) electrons. The lowest BCUT2D eigenvalue weighted by Gasteiger charge is -2.17. The van der Waals surface area contributed by atoms with Gasteiger partial charge in [-0.3, -0.25) is 4.79 Å². The van der Waals surface area contributed by atoms with E-state index in [0.29, 0.717) is 16.5 Å². The summed E-state index contributed by atoms with van der Waals surface area (Å²) in [6.07, 6.45) is 0. The van der Waals surface area contributed by atoms with Gasteiger partial charge in [-0.2, -0.15) is 15.0 Å². The standard InChI is InChI=1S/C25H22ClF2N7O2/c1-14(22(36)30-20-13-15(26)11-12-21(20)37-2)29-23-33-24(31-18-9-5-3-7-16(18)27)35-25(34-23)32-19-10-6-4-8-17(19)28/h3-14H,1-2H3,(H,30,36)(H3,29,31,32,33,34,35). The molecule has 0 spiro atoms. The molecule has 1 aromatic heterocycles. The number of carbonyl (C=O) groups is 1. The first-order valence-corrected chi connectivity index (χ1v) is 11.4. The monoisotopic (exact) mass is 525 g/mol.